The molecule has 1 atom stereocenters. The molecule has 6 heteroatoms. The zero-order chi connectivity index (χ0) is 19.8. The molecule has 0 saturated carbocycles. The molecule has 142 valence electrons. The van der Waals surface area contributed by atoms with E-state index in [1.165, 1.54) is 6.08 Å². The summed E-state index contributed by atoms with van der Waals surface area (Å²) < 4.78 is 5.48. The number of carbonyl (C=O) groups excluding carboxylic acids is 2. The Balaban J connectivity index is 2.18. The monoisotopic (exact) mass is 405 g/mol. The Morgan fingerprint density at radius 3 is 2.30 bits per heavy atom. The van der Waals surface area contributed by atoms with Crippen LogP contribution in [0.25, 0.3) is 6.08 Å². The summed E-state index contributed by atoms with van der Waals surface area (Å²) in [5.41, 5.74) is 1.33. The van der Waals surface area contributed by atoms with Gasteiger partial charge in [-0.15, -0.1) is 0 Å². The molecule has 2 rings (SSSR count). The van der Waals surface area contributed by atoms with Crippen LogP contribution in [0.3, 0.4) is 0 Å². The van der Waals surface area contributed by atoms with Crippen LogP contribution in [-0.4, -0.2) is 29.9 Å². The van der Waals surface area contributed by atoms with Crippen molar-refractivity contribution < 1.29 is 14.3 Å². The zero-order valence-corrected chi connectivity index (χ0v) is 16.7. The molecule has 2 aromatic rings. The molecule has 0 spiro atoms. The van der Waals surface area contributed by atoms with Gasteiger partial charge >= 0.3 is 5.97 Å². The summed E-state index contributed by atoms with van der Waals surface area (Å²) in [4.78, 5) is 26.7. The van der Waals surface area contributed by atoms with Crippen LogP contribution in [0.15, 0.2) is 54.6 Å². The third kappa shape index (κ3) is 5.84. The van der Waals surface area contributed by atoms with Gasteiger partial charge in [0, 0.05) is 24.7 Å². The van der Waals surface area contributed by atoms with Crippen molar-refractivity contribution in [1.82, 2.24) is 4.90 Å². The van der Waals surface area contributed by atoms with Gasteiger partial charge in [0.25, 0.3) is 5.91 Å². The maximum absolute atomic E-state index is 12.8. The Morgan fingerprint density at radius 2 is 1.70 bits per heavy atom. The zero-order valence-electron chi connectivity index (χ0n) is 15.2. The summed E-state index contributed by atoms with van der Waals surface area (Å²) >= 11 is 11.9. The van der Waals surface area contributed by atoms with Crippen molar-refractivity contribution in [3.8, 4) is 0 Å². The molecule has 0 radical (unpaired) electrons. The van der Waals surface area contributed by atoms with Crippen LogP contribution in [0.2, 0.25) is 10.0 Å². The fourth-order valence-corrected chi connectivity index (χ4v) is 2.83. The second-order valence-corrected chi connectivity index (χ2v) is 6.56. The number of rotatable bonds is 7. The third-order valence-corrected chi connectivity index (χ3v) is 4.73. The fraction of sp³-hybridized carbons (Fsp3) is 0.238. The Kier molecular flexibility index (Phi) is 7.89. The molecular formula is C21H21Cl2NO3. The first-order valence-corrected chi connectivity index (χ1v) is 9.39. The van der Waals surface area contributed by atoms with Crippen LogP contribution in [0.1, 0.15) is 31.1 Å². The first-order valence-electron chi connectivity index (χ1n) is 8.63. The van der Waals surface area contributed by atoms with E-state index in [2.05, 4.69) is 0 Å². The smallest absolute Gasteiger partial charge is 0.331 e. The highest BCUT2D eigenvalue weighted by molar-refractivity contribution is 6.42. The van der Waals surface area contributed by atoms with E-state index in [-0.39, 0.29) is 5.91 Å². The van der Waals surface area contributed by atoms with E-state index in [0.29, 0.717) is 34.3 Å². The van der Waals surface area contributed by atoms with Crippen LogP contribution in [-0.2, 0) is 14.3 Å². The number of hydrogen-bond donors (Lipinski definition) is 0. The molecule has 0 N–H and O–H groups in total. The summed E-state index contributed by atoms with van der Waals surface area (Å²) in [6.45, 7) is 4.84. The van der Waals surface area contributed by atoms with Crippen molar-refractivity contribution in [2.24, 2.45) is 0 Å². The van der Waals surface area contributed by atoms with E-state index in [4.69, 9.17) is 27.9 Å². The van der Waals surface area contributed by atoms with Crippen LogP contribution in [0.4, 0.5) is 0 Å². The number of nitrogens with zero attached hydrogens (tertiary/aromatic N) is 1. The lowest BCUT2D eigenvalue weighted by atomic mass is 10.1. The molecule has 27 heavy (non-hydrogen) atoms. The largest absolute Gasteiger partial charge is 0.444 e. The van der Waals surface area contributed by atoms with Gasteiger partial charge in [-0.2, -0.15) is 0 Å². The highest BCUT2D eigenvalue weighted by Crippen LogP contribution is 2.24. The van der Waals surface area contributed by atoms with Gasteiger partial charge in [-0.1, -0.05) is 59.6 Å². The number of ether oxygens (including phenoxy) is 1. The van der Waals surface area contributed by atoms with Crippen LogP contribution >= 0.6 is 23.2 Å². The Morgan fingerprint density at radius 1 is 1.04 bits per heavy atom. The van der Waals surface area contributed by atoms with Gasteiger partial charge in [-0.05, 0) is 37.6 Å². The van der Waals surface area contributed by atoms with E-state index >= 15 is 0 Å². The SMILES string of the molecule is CCN(CC)C(=O)C(OC(=O)/C=C/c1ccc(Cl)c(Cl)c1)c1ccccc1. The molecular weight excluding hydrogens is 385 g/mol. The molecule has 0 fully saturated rings. The quantitative estimate of drug-likeness (QED) is 0.471. The molecule has 0 aliphatic heterocycles. The minimum atomic E-state index is -0.989. The standard InChI is InChI=1S/C21H21Cl2NO3/c1-3-24(4-2)21(26)20(16-8-6-5-7-9-16)27-19(25)13-11-15-10-12-17(22)18(23)14-15/h5-14,20H,3-4H2,1-2H3/b13-11+. The molecule has 1 unspecified atom stereocenters. The minimum absolute atomic E-state index is 0.248. The normalized spacial score (nSPS) is 12.0. The van der Waals surface area contributed by atoms with Crippen molar-refractivity contribution in [2.45, 2.75) is 20.0 Å². The van der Waals surface area contributed by atoms with Gasteiger partial charge in [0.2, 0.25) is 6.10 Å². The number of carbonyl (C=O) groups is 2. The lowest BCUT2D eigenvalue weighted by Crippen LogP contribution is -2.36. The lowest BCUT2D eigenvalue weighted by molar-refractivity contribution is -0.157. The van der Waals surface area contributed by atoms with Crippen molar-refractivity contribution in [3.63, 3.8) is 0 Å². The van der Waals surface area contributed by atoms with Gasteiger partial charge in [-0.25, -0.2) is 4.79 Å². The van der Waals surface area contributed by atoms with E-state index in [1.54, 1.807) is 53.4 Å². The van der Waals surface area contributed by atoms with Gasteiger partial charge in [0.05, 0.1) is 10.0 Å². The number of esters is 1. The molecule has 0 heterocycles. The van der Waals surface area contributed by atoms with Gasteiger partial charge in [-0.3, -0.25) is 4.79 Å². The van der Waals surface area contributed by atoms with Crippen molar-refractivity contribution in [3.05, 3.63) is 75.8 Å². The number of hydrogen-bond acceptors (Lipinski definition) is 3. The topological polar surface area (TPSA) is 46.6 Å². The maximum atomic E-state index is 12.8. The highest BCUT2D eigenvalue weighted by Gasteiger charge is 2.27. The van der Waals surface area contributed by atoms with Crippen LogP contribution in [0, 0.1) is 0 Å². The average Bonchev–Trinajstić information content (AvgIpc) is 2.68. The summed E-state index contributed by atoms with van der Waals surface area (Å²) in [6, 6.07) is 14.0. The van der Waals surface area contributed by atoms with Gasteiger partial charge < -0.3 is 9.64 Å². The second kappa shape index (κ2) is 10.1. The summed E-state index contributed by atoms with van der Waals surface area (Å²) in [6.07, 6.45) is 1.84. The van der Waals surface area contributed by atoms with Crippen molar-refractivity contribution in [1.29, 1.82) is 0 Å². The molecule has 1 amide bonds. The molecule has 0 aromatic heterocycles. The lowest BCUT2D eigenvalue weighted by Gasteiger charge is -2.25. The second-order valence-electron chi connectivity index (χ2n) is 5.75. The predicted molar refractivity (Wildman–Crippen MR) is 109 cm³/mol. The van der Waals surface area contributed by atoms with E-state index in [1.807, 2.05) is 19.9 Å². The molecule has 0 aliphatic carbocycles. The minimum Gasteiger partial charge on any atom is -0.444 e. The molecule has 4 nitrogen and oxygen atoms in total. The van der Waals surface area contributed by atoms with Gasteiger partial charge in [0.1, 0.15) is 0 Å². The summed E-state index contributed by atoms with van der Waals surface area (Å²) in [5.74, 6) is -0.863. The highest BCUT2D eigenvalue weighted by atomic mass is 35.5. The first-order chi connectivity index (χ1) is 13.0. The molecule has 2 aromatic carbocycles. The molecule has 0 aliphatic rings. The van der Waals surface area contributed by atoms with Crippen molar-refractivity contribution in [2.75, 3.05) is 13.1 Å². The third-order valence-electron chi connectivity index (χ3n) is 3.99. The van der Waals surface area contributed by atoms with Gasteiger partial charge in [0.15, 0.2) is 0 Å². The predicted octanol–water partition coefficient (Wildman–Crippen LogP) is 5.16. The van der Waals surface area contributed by atoms with E-state index in [0.717, 1.165) is 0 Å². The Hall–Kier alpha value is -2.30. The van der Waals surface area contributed by atoms with Crippen LogP contribution < -0.4 is 0 Å². The first kappa shape index (κ1) is 21.0. The Labute approximate surface area is 169 Å². The van der Waals surface area contributed by atoms with Crippen LogP contribution in [0.5, 0.6) is 0 Å². The maximum Gasteiger partial charge on any atom is 0.331 e. The number of likely N-dealkylation sites (N-methyl/N-ethyl adjacent to an activating group) is 1. The summed E-state index contributed by atoms with van der Waals surface area (Å²) in [5, 5.41) is 0.830. The number of halogens is 2. The summed E-state index contributed by atoms with van der Waals surface area (Å²) in [7, 11) is 0. The molecule has 0 saturated heterocycles. The average molecular weight is 406 g/mol. The number of amides is 1. The fourth-order valence-electron chi connectivity index (χ4n) is 2.53. The molecule has 0 bridgehead atoms. The van der Waals surface area contributed by atoms with Crippen molar-refractivity contribution >= 4 is 41.2 Å². The Bertz CT molecular complexity index is 817. The number of benzene rings is 2. The van der Waals surface area contributed by atoms with E-state index < -0.39 is 12.1 Å². The van der Waals surface area contributed by atoms with E-state index in [9.17, 15) is 9.59 Å².